The number of likely N-dealkylation sites (N-methyl/N-ethyl adjacent to an activating group) is 1. The Labute approximate surface area is 165 Å². The Morgan fingerprint density at radius 2 is 1.96 bits per heavy atom. The molecule has 0 spiro atoms. The molecule has 28 heavy (non-hydrogen) atoms. The first-order valence-electron chi connectivity index (χ1n) is 9.82. The van der Waals surface area contributed by atoms with Crippen LogP contribution in [-0.4, -0.2) is 53.3 Å². The van der Waals surface area contributed by atoms with Crippen molar-refractivity contribution in [2.45, 2.75) is 19.3 Å². The normalized spacial score (nSPS) is 14.5. The number of carbonyl (C=O) groups is 2. The summed E-state index contributed by atoms with van der Waals surface area (Å²) in [5, 5.41) is 1.15. The quantitative estimate of drug-likeness (QED) is 0.735. The number of aromatic nitrogens is 1. The smallest absolute Gasteiger partial charge is 0.253 e. The molecule has 1 fully saturated rings. The van der Waals surface area contributed by atoms with Crippen LogP contribution in [0.25, 0.3) is 22.0 Å². The van der Waals surface area contributed by atoms with Gasteiger partial charge in [0, 0.05) is 50.4 Å². The Bertz CT molecular complexity index is 1010. The predicted octanol–water partition coefficient (Wildman–Crippen LogP) is 3.92. The van der Waals surface area contributed by atoms with Crippen LogP contribution in [0, 0.1) is 0 Å². The average molecular weight is 375 g/mol. The van der Waals surface area contributed by atoms with Gasteiger partial charge in [0.2, 0.25) is 5.91 Å². The number of benzene rings is 2. The van der Waals surface area contributed by atoms with E-state index >= 15 is 0 Å². The molecule has 1 aliphatic rings. The lowest BCUT2D eigenvalue weighted by atomic mass is 10.0. The summed E-state index contributed by atoms with van der Waals surface area (Å²) < 4.78 is 0. The van der Waals surface area contributed by atoms with Gasteiger partial charge in [0.15, 0.2) is 0 Å². The van der Waals surface area contributed by atoms with E-state index in [1.165, 1.54) is 0 Å². The Hall–Kier alpha value is -3.08. The number of rotatable bonds is 5. The molecule has 1 aromatic heterocycles. The zero-order valence-electron chi connectivity index (χ0n) is 16.1. The van der Waals surface area contributed by atoms with Crippen LogP contribution in [0.1, 0.15) is 29.6 Å². The first kappa shape index (κ1) is 18.3. The summed E-state index contributed by atoms with van der Waals surface area (Å²) in [4.78, 5) is 31.6. The summed E-state index contributed by atoms with van der Waals surface area (Å²) in [5.41, 5.74) is 3.87. The lowest BCUT2D eigenvalue weighted by Gasteiger charge is -2.28. The summed E-state index contributed by atoms with van der Waals surface area (Å²) in [6.07, 6.45) is 4.59. The largest absolute Gasteiger partial charge is 0.361 e. The molecule has 1 saturated heterocycles. The van der Waals surface area contributed by atoms with Crippen molar-refractivity contribution in [2.75, 3.05) is 26.7 Å². The molecule has 0 atom stereocenters. The van der Waals surface area contributed by atoms with Crippen LogP contribution < -0.4 is 0 Å². The molecule has 0 bridgehead atoms. The fourth-order valence-corrected chi connectivity index (χ4v) is 3.76. The second-order valence-corrected chi connectivity index (χ2v) is 7.43. The van der Waals surface area contributed by atoms with Gasteiger partial charge < -0.3 is 14.8 Å². The number of amides is 2. The number of fused-ring (bicyclic) bond motifs is 1. The molecule has 5 heteroatoms. The second-order valence-electron chi connectivity index (χ2n) is 7.43. The third-order valence-electron chi connectivity index (χ3n) is 5.47. The molecular weight excluding hydrogens is 350 g/mol. The monoisotopic (exact) mass is 375 g/mol. The number of nitrogens with zero attached hydrogens (tertiary/aromatic N) is 2. The Morgan fingerprint density at radius 1 is 1.11 bits per heavy atom. The number of H-pyrrole nitrogens is 1. The maximum atomic E-state index is 12.9. The fraction of sp³-hybridized carbons (Fsp3) is 0.304. The number of carbonyl (C=O) groups excluding carboxylic acids is 2. The molecule has 2 amide bonds. The first-order chi connectivity index (χ1) is 13.6. The molecule has 0 radical (unpaired) electrons. The lowest BCUT2D eigenvalue weighted by Crippen LogP contribution is -2.41. The van der Waals surface area contributed by atoms with Gasteiger partial charge in [-0.1, -0.05) is 18.2 Å². The van der Waals surface area contributed by atoms with Crippen LogP contribution in [-0.2, 0) is 4.79 Å². The Kier molecular flexibility index (Phi) is 5.15. The molecule has 5 nitrogen and oxygen atoms in total. The van der Waals surface area contributed by atoms with Crippen LogP contribution in [0.5, 0.6) is 0 Å². The molecule has 0 unspecified atom stereocenters. The van der Waals surface area contributed by atoms with E-state index in [1.807, 2.05) is 41.4 Å². The molecule has 2 heterocycles. The van der Waals surface area contributed by atoms with Crippen molar-refractivity contribution in [1.29, 1.82) is 0 Å². The van der Waals surface area contributed by atoms with Gasteiger partial charge in [-0.2, -0.15) is 0 Å². The van der Waals surface area contributed by atoms with E-state index in [1.54, 1.807) is 11.9 Å². The van der Waals surface area contributed by atoms with Crippen LogP contribution in [0.15, 0.2) is 54.7 Å². The molecule has 0 aliphatic carbocycles. The number of likely N-dealkylation sites (tertiary alicyclic amines) is 1. The molecule has 1 N–H and O–H groups in total. The highest BCUT2D eigenvalue weighted by atomic mass is 16.2. The zero-order chi connectivity index (χ0) is 19.5. The maximum Gasteiger partial charge on any atom is 0.253 e. The van der Waals surface area contributed by atoms with Crippen molar-refractivity contribution in [3.63, 3.8) is 0 Å². The summed E-state index contributed by atoms with van der Waals surface area (Å²) in [6, 6.07) is 16.0. The number of hydrogen-bond acceptors (Lipinski definition) is 2. The van der Waals surface area contributed by atoms with Gasteiger partial charge >= 0.3 is 0 Å². The van der Waals surface area contributed by atoms with E-state index in [0.29, 0.717) is 25.1 Å². The number of aromatic amines is 1. The van der Waals surface area contributed by atoms with E-state index in [-0.39, 0.29) is 11.8 Å². The Balaban J connectivity index is 1.46. The fourth-order valence-electron chi connectivity index (χ4n) is 3.76. The van der Waals surface area contributed by atoms with Crippen molar-refractivity contribution >= 4 is 22.7 Å². The number of piperidine rings is 1. The van der Waals surface area contributed by atoms with Gasteiger partial charge in [-0.3, -0.25) is 9.59 Å². The molecule has 2 aromatic carbocycles. The summed E-state index contributed by atoms with van der Waals surface area (Å²) >= 11 is 0. The maximum absolute atomic E-state index is 12.9. The van der Waals surface area contributed by atoms with Gasteiger partial charge in [0.25, 0.3) is 5.91 Å². The minimum Gasteiger partial charge on any atom is -0.361 e. The molecule has 3 aromatic rings. The van der Waals surface area contributed by atoms with Crippen molar-refractivity contribution in [3.05, 3.63) is 60.3 Å². The highest BCUT2D eigenvalue weighted by Crippen LogP contribution is 2.25. The van der Waals surface area contributed by atoms with Crippen molar-refractivity contribution in [1.82, 2.24) is 14.8 Å². The van der Waals surface area contributed by atoms with E-state index in [2.05, 4.69) is 23.2 Å². The van der Waals surface area contributed by atoms with E-state index in [9.17, 15) is 9.59 Å². The first-order valence-corrected chi connectivity index (χ1v) is 9.82. The van der Waals surface area contributed by atoms with Gasteiger partial charge in [0.05, 0.1) is 0 Å². The molecule has 1 aliphatic heterocycles. The van der Waals surface area contributed by atoms with E-state index in [4.69, 9.17) is 0 Å². The second kappa shape index (κ2) is 7.89. The highest BCUT2D eigenvalue weighted by Gasteiger charge is 2.19. The van der Waals surface area contributed by atoms with E-state index < -0.39 is 0 Å². The van der Waals surface area contributed by atoms with Crippen LogP contribution >= 0.6 is 0 Å². The number of nitrogens with one attached hydrogen (secondary N) is 1. The third-order valence-corrected chi connectivity index (χ3v) is 5.47. The summed E-state index contributed by atoms with van der Waals surface area (Å²) in [5.74, 6) is 0.184. The van der Waals surface area contributed by atoms with Gasteiger partial charge in [-0.05, 0) is 59.7 Å². The van der Waals surface area contributed by atoms with Crippen molar-refractivity contribution in [2.24, 2.45) is 0 Å². The predicted molar refractivity (Wildman–Crippen MR) is 111 cm³/mol. The van der Waals surface area contributed by atoms with Gasteiger partial charge in [-0.15, -0.1) is 0 Å². The highest BCUT2D eigenvalue weighted by molar-refractivity contribution is 5.96. The standard InChI is InChI=1S/C23H25N3O2/c1-25(13-14-26-12-3-2-7-22(26)27)23(28)20-6-4-5-17(16-20)18-8-9-21-19(15-18)10-11-24-21/h4-6,8-11,15-16,24H,2-3,7,12-14H2,1H3. The summed E-state index contributed by atoms with van der Waals surface area (Å²) in [6.45, 7) is 1.95. The molecule has 4 rings (SSSR count). The zero-order valence-corrected chi connectivity index (χ0v) is 16.1. The topological polar surface area (TPSA) is 56.4 Å². The van der Waals surface area contributed by atoms with Gasteiger partial charge in [-0.25, -0.2) is 0 Å². The molecule has 144 valence electrons. The number of hydrogen-bond donors (Lipinski definition) is 1. The van der Waals surface area contributed by atoms with Gasteiger partial charge in [0.1, 0.15) is 0 Å². The van der Waals surface area contributed by atoms with Crippen LogP contribution in [0.3, 0.4) is 0 Å². The molecule has 0 saturated carbocycles. The van der Waals surface area contributed by atoms with E-state index in [0.717, 1.165) is 41.4 Å². The lowest BCUT2D eigenvalue weighted by molar-refractivity contribution is -0.133. The molecular formula is C23H25N3O2. The third kappa shape index (κ3) is 3.79. The van der Waals surface area contributed by atoms with Crippen molar-refractivity contribution < 1.29 is 9.59 Å². The minimum atomic E-state index is -0.0194. The van der Waals surface area contributed by atoms with Crippen LogP contribution in [0.2, 0.25) is 0 Å². The SMILES string of the molecule is CN(CCN1CCCCC1=O)C(=O)c1cccc(-c2ccc3[nH]ccc3c2)c1. The average Bonchev–Trinajstić information content (AvgIpc) is 3.20. The Morgan fingerprint density at radius 3 is 2.82 bits per heavy atom. The van der Waals surface area contributed by atoms with Crippen molar-refractivity contribution in [3.8, 4) is 11.1 Å². The minimum absolute atomic E-state index is 0.0194. The summed E-state index contributed by atoms with van der Waals surface area (Å²) in [7, 11) is 1.80. The van der Waals surface area contributed by atoms with Crippen LogP contribution in [0.4, 0.5) is 0 Å².